The van der Waals surface area contributed by atoms with E-state index in [1.54, 1.807) is 30.8 Å². The van der Waals surface area contributed by atoms with Crippen molar-refractivity contribution in [2.75, 3.05) is 20.3 Å². The molecule has 1 saturated carbocycles. The zero-order valence-corrected chi connectivity index (χ0v) is 14.6. The first kappa shape index (κ1) is 17.7. The van der Waals surface area contributed by atoms with Gasteiger partial charge in [-0.25, -0.2) is 5.48 Å². The van der Waals surface area contributed by atoms with Crippen LogP contribution in [0.15, 0.2) is 18.2 Å². The predicted octanol–water partition coefficient (Wildman–Crippen LogP) is 1.73. The van der Waals surface area contributed by atoms with Gasteiger partial charge < -0.3 is 14.4 Å². The molecule has 25 heavy (non-hydrogen) atoms. The summed E-state index contributed by atoms with van der Waals surface area (Å²) in [6.45, 7) is 3.24. The van der Waals surface area contributed by atoms with Gasteiger partial charge in [-0.3, -0.25) is 14.8 Å². The Morgan fingerprint density at radius 2 is 2.20 bits per heavy atom. The van der Waals surface area contributed by atoms with Gasteiger partial charge in [-0.05, 0) is 25.0 Å². The number of carbonyl (C=O) groups excluding carboxylic acids is 2. The lowest BCUT2D eigenvalue weighted by atomic mass is 9.69. The van der Waals surface area contributed by atoms with E-state index in [0.717, 1.165) is 24.8 Å². The molecule has 0 radical (unpaired) electrons. The summed E-state index contributed by atoms with van der Waals surface area (Å²) in [5.74, 6) is 0.0829. The van der Waals surface area contributed by atoms with E-state index in [1.807, 2.05) is 11.8 Å². The number of nitrogens with one attached hydrogen (secondary N) is 1. The molecule has 2 amide bonds. The van der Waals surface area contributed by atoms with Crippen LogP contribution in [0.5, 0.6) is 5.75 Å². The first-order valence-electron chi connectivity index (χ1n) is 8.49. The Kier molecular flexibility index (Phi) is 4.96. The molecule has 0 aromatic heterocycles. The predicted molar refractivity (Wildman–Crippen MR) is 89.4 cm³/mol. The third-order valence-electron chi connectivity index (χ3n) is 5.12. The number of rotatable bonds is 4. The molecule has 1 aliphatic carbocycles. The molecule has 0 bridgehead atoms. The molecule has 1 aromatic rings. The third kappa shape index (κ3) is 3.48. The van der Waals surface area contributed by atoms with Crippen molar-refractivity contribution in [1.29, 1.82) is 0 Å². The first-order chi connectivity index (χ1) is 12.0. The van der Waals surface area contributed by atoms with Gasteiger partial charge in [-0.15, -0.1) is 0 Å². The van der Waals surface area contributed by atoms with Crippen molar-refractivity contribution in [3.8, 4) is 5.75 Å². The highest BCUT2D eigenvalue weighted by Crippen LogP contribution is 2.42. The molecule has 1 fully saturated rings. The lowest BCUT2D eigenvalue weighted by molar-refractivity contribution is -0.147. The van der Waals surface area contributed by atoms with Gasteiger partial charge in [-0.1, -0.05) is 19.4 Å². The molecular weight excluding hydrogens is 324 g/mol. The van der Waals surface area contributed by atoms with Crippen LogP contribution in [-0.4, -0.2) is 48.3 Å². The van der Waals surface area contributed by atoms with Crippen molar-refractivity contribution in [3.63, 3.8) is 0 Å². The fraction of sp³-hybridized carbons (Fsp3) is 0.556. The summed E-state index contributed by atoms with van der Waals surface area (Å²) in [7, 11) is 1.59. The summed E-state index contributed by atoms with van der Waals surface area (Å²) in [6.07, 6.45) is 2.61. The van der Waals surface area contributed by atoms with Crippen LogP contribution in [-0.2, 0) is 16.1 Å². The van der Waals surface area contributed by atoms with Crippen LogP contribution in [0.3, 0.4) is 0 Å². The lowest BCUT2D eigenvalue weighted by Crippen LogP contribution is -2.48. The molecule has 136 valence electrons. The largest absolute Gasteiger partial charge is 0.486 e. The monoisotopic (exact) mass is 348 g/mol. The Balaban J connectivity index is 1.89. The van der Waals surface area contributed by atoms with Crippen LogP contribution in [0.25, 0.3) is 0 Å². The second kappa shape index (κ2) is 7.01. The van der Waals surface area contributed by atoms with Crippen LogP contribution in [0.1, 0.15) is 42.1 Å². The minimum atomic E-state index is -0.603. The van der Waals surface area contributed by atoms with Gasteiger partial charge >= 0.3 is 0 Å². The average Bonchev–Trinajstić information content (AvgIpc) is 2.76. The molecule has 7 heteroatoms. The van der Waals surface area contributed by atoms with Crippen molar-refractivity contribution >= 4 is 11.8 Å². The van der Waals surface area contributed by atoms with E-state index in [-0.39, 0.29) is 17.4 Å². The summed E-state index contributed by atoms with van der Waals surface area (Å²) in [4.78, 5) is 26.4. The highest BCUT2D eigenvalue weighted by molar-refractivity contribution is 5.94. The minimum Gasteiger partial charge on any atom is -0.486 e. The molecule has 1 aromatic carbocycles. The topological polar surface area (TPSA) is 88.1 Å². The molecule has 0 spiro atoms. The highest BCUT2D eigenvalue weighted by Gasteiger charge is 2.43. The van der Waals surface area contributed by atoms with E-state index in [0.29, 0.717) is 31.0 Å². The first-order valence-corrected chi connectivity index (χ1v) is 8.49. The van der Waals surface area contributed by atoms with Gasteiger partial charge in [0.05, 0.1) is 13.2 Å². The van der Waals surface area contributed by atoms with Gasteiger partial charge in [0.2, 0.25) is 5.91 Å². The van der Waals surface area contributed by atoms with E-state index in [2.05, 4.69) is 0 Å². The number of ether oxygens (including phenoxy) is 2. The van der Waals surface area contributed by atoms with E-state index >= 15 is 0 Å². The second-order valence-corrected chi connectivity index (χ2v) is 7.06. The molecule has 1 aliphatic heterocycles. The van der Waals surface area contributed by atoms with Crippen LogP contribution in [0.2, 0.25) is 0 Å². The van der Waals surface area contributed by atoms with Crippen molar-refractivity contribution in [1.82, 2.24) is 10.4 Å². The van der Waals surface area contributed by atoms with Crippen LogP contribution < -0.4 is 10.2 Å². The standard InChI is InChI=1S/C18H24N2O5/c1-18(6-3-7-18)17(22)20-9-13-5-4-12(16(21)19-23)8-15(13)25-14(10-20)11-24-2/h4-5,8,14,23H,3,6-7,9-11H2,1-2H3,(H,19,21)/t14-/m1/s1. The number of methoxy groups -OCH3 is 1. The van der Waals surface area contributed by atoms with E-state index in [4.69, 9.17) is 14.7 Å². The van der Waals surface area contributed by atoms with Crippen LogP contribution in [0, 0.1) is 5.41 Å². The number of hydrogen-bond acceptors (Lipinski definition) is 5. The fourth-order valence-corrected chi connectivity index (χ4v) is 3.46. The van der Waals surface area contributed by atoms with Crippen molar-refractivity contribution in [2.45, 2.75) is 38.8 Å². The zero-order chi connectivity index (χ0) is 18.0. The number of fused-ring (bicyclic) bond motifs is 1. The number of carbonyl (C=O) groups is 2. The van der Waals surface area contributed by atoms with Crippen LogP contribution in [0.4, 0.5) is 0 Å². The van der Waals surface area contributed by atoms with Crippen molar-refractivity contribution in [2.24, 2.45) is 5.41 Å². The number of nitrogens with zero attached hydrogens (tertiary/aromatic N) is 1. The van der Waals surface area contributed by atoms with Gasteiger partial charge in [-0.2, -0.15) is 0 Å². The molecular formula is C18H24N2O5. The number of benzene rings is 1. The molecule has 0 unspecified atom stereocenters. The van der Waals surface area contributed by atoms with Gasteiger partial charge in [0.1, 0.15) is 11.9 Å². The summed E-state index contributed by atoms with van der Waals surface area (Å²) in [5, 5.41) is 8.81. The number of hydroxylamine groups is 1. The lowest BCUT2D eigenvalue weighted by Gasteiger charge is -2.40. The Morgan fingerprint density at radius 1 is 1.44 bits per heavy atom. The van der Waals surface area contributed by atoms with E-state index < -0.39 is 5.91 Å². The highest BCUT2D eigenvalue weighted by atomic mass is 16.5. The van der Waals surface area contributed by atoms with Crippen molar-refractivity contribution in [3.05, 3.63) is 29.3 Å². The van der Waals surface area contributed by atoms with Crippen LogP contribution >= 0.6 is 0 Å². The Labute approximate surface area is 146 Å². The normalized spacial score (nSPS) is 21.4. The summed E-state index contributed by atoms with van der Waals surface area (Å²) in [5.41, 5.74) is 2.47. The maximum Gasteiger partial charge on any atom is 0.274 e. The summed E-state index contributed by atoms with van der Waals surface area (Å²) in [6, 6.07) is 4.96. The summed E-state index contributed by atoms with van der Waals surface area (Å²) < 4.78 is 11.2. The van der Waals surface area contributed by atoms with Gasteiger partial charge in [0, 0.05) is 30.2 Å². The molecule has 7 nitrogen and oxygen atoms in total. The Morgan fingerprint density at radius 3 is 2.80 bits per heavy atom. The molecule has 2 aliphatic rings. The Bertz CT molecular complexity index is 671. The Hall–Kier alpha value is -2.12. The SMILES string of the molecule is COC[C@H]1CN(C(=O)C2(C)CCC2)Cc2ccc(C(=O)NO)cc2O1. The third-order valence-corrected chi connectivity index (χ3v) is 5.12. The number of amides is 2. The fourth-order valence-electron chi connectivity index (χ4n) is 3.46. The molecule has 0 saturated heterocycles. The van der Waals surface area contributed by atoms with E-state index in [1.165, 1.54) is 0 Å². The maximum atomic E-state index is 13.0. The minimum absolute atomic E-state index is 0.147. The maximum absolute atomic E-state index is 13.0. The van der Waals surface area contributed by atoms with Gasteiger partial charge in [0.15, 0.2) is 0 Å². The molecule has 1 heterocycles. The number of hydrogen-bond donors (Lipinski definition) is 2. The summed E-state index contributed by atoms with van der Waals surface area (Å²) >= 11 is 0. The smallest absolute Gasteiger partial charge is 0.274 e. The van der Waals surface area contributed by atoms with E-state index in [9.17, 15) is 9.59 Å². The molecule has 1 atom stereocenters. The van der Waals surface area contributed by atoms with Crippen molar-refractivity contribution < 1.29 is 24.3 Å². The zero-order valence-electron chi connectivity index (χ0n) is 14.6. The molecule has 2 N–H and O–H groups in total. The average molecular weight is 348 g/mol. The quantitative estimate of drug-likeness (QED) is 0.639. The molecule has 3 rings (SSSR count). The van der Waals surface area contributed by atoms with Gasteiger partial charge in [0.25, 0.3) is 5.91 Å². The second-order valence-electron chi connectivity index (χ2n) is 7.06.